The Morgan fingerprint density at radius 3 is 2.67 bits per heavy atom. The van der Waals surface area contributed by atoms with E-state index in [0.29, 0.717) is 19.2 Å². The van der Waals surface area contributed by atoms with Crippen LogP contribution in [0.2, 0.25) is 0 Å². The number of carbonyl (C=O) groups is 1. The molecule has 6 nitrogen and oxygen atoms in total. The van der Waals surface area contributed by atoms with E-state index >= 15 is 0 Å². The van der Waals surface area contributed by atoms with Crippen molar-refractivity contribution < 1.29 is 19.7 Å². The summed E-state index contributed by atoms with van der Waals surface area (Å²) in [7, 11) is 0. The van der Waals surface area contributed by atoms with Crippen molar-refractivity contribution in [2.45, 2.75) is 51.8 Å². The molecule has 3 rings (SSSR count). The first kappa shape index (κ1) is 20.1. The molecule has 1 aromatic rings. The summed E-state index contributed by atoms with van der Waals surface area (Å²) >= 11 is 0. The summed E-state index contributed by atoms with van der Waals surface area (Å²) in [6.07, 6.45) is 4.00. The second-order valence-electron chi connectivity index (χ2n) is 7.71. The maximum Gasteiger partial charge on any atom is 0.307 e. The Morgan fingerprint density at radius 2 is 2.00 bits per heavy atom. The van der Waals surface area contributed by atoms with Gasteiger partial charge in [-0.2, -0.15) is 0 Å². The van der Waals surface area contributed by atoms with Crippen molar-refractivity contribution in [3.8, 4) is 5.75 Å². The highest BCUT2D eigenvalue weighted by atomic mass is 16.5. The van der Waals surface area contributed by atoms with Gasteiger partial charge in [-0.15, -0.1) is 0 Å². The average molecular weight is 376 g/mol. The van der Waals surface area contributed by atoms with E-state index in [2.05, 4.69) is 15.9 Å². The smallest absolute Gasteiger partial charge is 0.307 e. The van der Waals surface area contributed by atoms with E-state index in [-0.39, 0.29) is 12.5 Å². The fourth-order valence-corrected chi connectivity index (χ4v) is 4.39. The van der Waals surface area contributed by atoms with Crippen LogP contribution in [0.5, 0.6) is 5.75 Å². The molecule has 0 aromatic heterocycles. The van der Waals surface area contributed by atoms with Crippen LogP contribution < -0.4 is 4.74 Å². The van der Waals surface area contributed by atoms with Gasteiger partial charge in [0.2, 0.25) is 0 Å². The van der Waals surface area contributed by atoms with E-state index in [1.54, 1.807) is 0 Å². The monoisotopic (exact) mass is 376 g/mol. The molecule has 0 aliphatic carbocycles. The highest BCUT2D eigenvalue weighted by Crippen LogP contribution is 2.26. The van der Waals surface area contributed by atoms with Gasteiger partial charge in [0.05, 0.1) is 19.1 Å². The summed E-state index contributed by atoms with van der Waals surface area (Å²) in [4.78, 5) is 16.1. The van der Waals surface area contributed by atoms with Crippen LogP contribution in [0.25, 0.3) is 0 Å². The molecule has 0 amide bonds. The second kappa shape index (κ2) is 9.53. The Morgan fingerprint density at radius 1 is 1.22 bits per heavy atom. The molecule has 0 radical (unpaired) electrons. The molecule has 27 heavy (non-hydrogen) atoms. The predicted octanol–water partition coefficient (Wildman–Crippen LogP) is 2.34. The summed E-state index contributed by atoms with van der Waals surface area (Å²) in [6, 6.07) is 6.59. The van der Waals surface area contributed by atoms with Crippen molar-refractivity contribution in [2.24, 2.45) is 5.92 Å². The minimum atomic E-state index is -0.646. The van der Waals surface area contributed by atoms with Crippen molar-refractivity contribution in [1.82, 2.24) is 9.80 Å². The number of likely N-dealkylation sites (tertiary alicyclic amines) is 2. The Balaban J connectivity index is 1.51. The number of aliphatic hydroxyl groups is 1. The lowest BCUT2D eigenvalue weighted by Crippen LogP contribution is -2.49. The molecule has 2 aliphatic heterocycles. The quantitative estimate of drug-likeness (QED) is 0.761. The van der Waals surface area contributed by atoms with E-state index in [1.807, 2.05) is 19.1 Å². The Kier molecular flexibility index (Phi) is 7.10. The summed E-state index contributed by atoms with van der Waals surface area (Å²) < 4.78 is 5.56. The third kappa shape index (κ3) is 5.21. The minimum absolute atomic E-state index is 0.00898. The third-order valence-corrected chi connectivity index (χ3v) is 5.88. The van der Waals surface area contributed by atoms with Gasteiger partial charge < -0.3 is 14.9 Å². The zero-order chi connectivity index (χ0) is 19.2. The lowest BCUT2D eigenvalue weighted by atomic mass is 9.94. The molecule has 0 bridgehead atoms. The number of carboxylic acids is 1. The van der Waals surface area contributed by atoms with E-state index in [0.717, 1.165) is 63.2 Å². The van der Waals surface area contributed by atoms with E-state index < -0.39 is 5.97 Å². The maximum atomic E-state index is 11.3. The first-order chi connectivity index (χ1) is 13.1. The normalized spacial score (nSPS) is 22.7. The van der Waals surface area contributed by atoms with Gasteiger partial charge in [0.1, 0.15) is 5.75 Å². The molecule has 6 heteroatoms. The fourth-order valence-electron chi connectivity index (χ4n) is 4.39. The van der Waals surface area contributed by atoms with Crippen molar-refractivity contribution in [1.29, 1.82) is 0 Å². The van der Waals surface area contributed by atoms with Gasteiger partial charge in [-0.05, 0) is 69.9 Å². The first-order valence-electron chi connectivity index (χ1n) is 10.2. The molecule has 2 N–H and O–H groups in total. The molecular weight excluding hydrogens is 344 g/mol. The fraction of sp³-hybridized carbons (Fsp3) is 0.667. The van der Waals surface area contributed by atoms with Gasteiger partial charge >= 0.3 is 5.97 Å². The molecule has 2 saturated heterocycles. The van der Waals surface area contributed by atoms with Crippen LogP contribution in [0.3, 0.4) is 0 Å². The third-order valence-electron chi connectivity index (χ3n) is 5.88. The molecule has 0 saturated carbocycles. The van der Waals surface area contributed by atoms with Crippen LogP contribution >= 0.6 is 0 Å². The van der Waals surface area contributed by atoms with Crippen LogP contribution in [-0.2, 0) is 17.9 Å². The number of carboxylic acid groups (broad SMARTS) is 1. The number of ether oxygens (including phenoxy) is 1. The standard InChI is InChI=1S/C21H32N2O4/c1-2-27-20-6-5-16(12-18(20)15-24)13-22-10-7-19(8-11-22)23-9-3-4-17(14-23)21(25)26/h5-6,12,17,19,24H,2-4,7-11,13-15H2,1H3,(H,25,26)/t17-/m1/s1. The van der Waals surface area contributed by atoms with Crippen molar-refractivity contribution in [3.63, 3.8) is 0 Å². The number of hydrogen-bond acceptors (Lipinski definition) is 5. The number of hydrogen-bond donors (Lipinski definition) is 2. The zero-order valence-corrected chi connectivity index (χ0v) is 16.3. The zero-order valence-electron chi connectivity index (χ0n) is 16.3. The lowest BCUT2D eigenvalue weighted by molar-refractivity contribution is -0.144. The second-order valence-corrected chi connectivity index (χ2v) is 7.71. The number of piperidine rings is 2. The van der Waals surface area contributed by atoms with Crippen molar-refractivity contribution >= 4 is 5.97 Å². The number of aliphatic carboxylic acids is 1. The molecule has 2 aliphatic rings. The number of rotatable bonds is 7. The predicted molar refractivity (Wildman–Crippen MR) is 104 cm³/mol. The molecule has 0 unspecified atom stereocenters. The number of benzene rings is 1. The van der Waals surface area contributed by atoms with Gasteiger partial charge in [-0.1, -0.05) is 6.07 Å². The number of aliphatic hydroxyl groups excluding tert-OH is 1. The van der Waals surface area contributed by atoms with Crippen LogP contribution in [0.4, 0.5) is 0 Å². The molecule has 2 fully saturated rings. The Labute approximate surface area is 161 Å². The van der Waals surface area contributed by atoms with Gasteiger partial charge in [0, 0.05) is 24.7 Å². The van der Waals surface area contributed by atoms with E-state index in [9.17, 15) is 15.0 Å². The largest absolute Gasteiger partial charge is 0.494 e. The van der Waals surface area contributed by atoms with Gasteiger partial charge in [0.15, 0.2) is 0 Å². The SMILES string of the molecule is CCOc1ccc(CN2CCC(N3CCC[C@@H](C(=O)O)C3)CC2)cc1CO. The Hall–Kier alpha value is -1.63. The minimum Gasteiger partial charge on any atom is -0.494 e. The van der Waals surface area contributed by atoms with E-state index in [1.165, 1.54) is 5.56 Å². The van der Waals surface area contributed by atoms with E-state index in [4.69, 9.17) is 4.74 Å². The summed E-state index contributed by atoms with van der Waals surface area (Å²) in [6.45, 7) is 7.21. The van der Waals surface area contributed by atoms with Crippen LogP contribution in [0.1, 0.15) is 43.7 Å². The lowest BCUT2D eigenvalue weighted by Gasteiger charge is -2.41. The topological polar surface area (TPSA) is 73.2 Å². The number of nitrogens with zero attached hydrogens (tertiary/aromatic N) is 2. The molecule has 1 aromatic carbocycles. The van der Waals surface area contributed by atoms with Crippen LogP contribution in [-0.4, -0.2) is 64.8 Å². The highest BCUT2D eigenvalue weighted by Gasteiger charge is 2.31. The first-order valence-corrected chi connectivity index (χ1v) is 10.2. The average Bonchev–Trinajstić information content (AvgIpc) is 2.70. The van der Waals surface area contributed by atoms with Crippen molar-refractivity contribution in [3.05, 3.63) is 29.3 Å². The summed E-state index contributed by atoms with van der Waals surface area (Å²) in [5.41, 5.74) is 2.04. The summed E-state index contributed by atoms with van der Waals surface area (Å²) in [5.74, 6) is -0.0783. The van der Waals surface area contributed by atoms with Gasteiger partial charge in [0.25, 0.3) is 0 Å². The molecule has 0 spiro atoms. The van der Waals surface area contributed by atoms with Crippen LogP contribution in [0, 0.1) is 5.92 Å². The molecular formula is C21H32N2O4. The summed E-state index contributed by atoms with van der Waals surface area (Å²) in [5, 5.41) is 18.9. The molecule has 2 heterocycles. The van der Waals surface area contributed by atoms with Gasteiger partial charge in [-0.3, -0.25) is 14.6 Å². The highest BCUT2D eigenvalue weighted by molar-refractivity contribution is 5.70. The van der Waals surface area contributed by atoms with Crippen molar-refractivity contribution in [2.75, 3.05) is 32.8 Å². The Bertz CT molecular complexity index is 629. The van der Waals surface area contributed by atoms with Crippen LogP contribution in [0.15, 0.2) is 18.2 Å². The van der Waals surface area contributed by atoms with Gasteiger partial charge in [-0.25, -0.2) is 0 Å². The molecule has 1 atom stereocenters. The maximum absolute atomic E-state index is 11.3. The molecule has 150 valence electrons.